The zero-order chi connectivity index (χ0) is 22.1. The van der Waals surface area contributed by atoms with E-state index in [0.717, 1.165) is 16.7 Å². The van der Waals surface area contributed by atoms with E-state index in [0.29, 0.717) is 24.8 Å². The van der Waals surface area contributed by atoms with Gasteiger partial charge in [-0.25, -0.2) is 4.98 Å². The normalized spacial score (nSPS) is 14.8. The Kier molecular flexibility index (Phi) is 5.68. The molecule has 1 aliphatic rings. The Balaban J connectivity index is 1.54. The Morgan fingerprint density at radius 3 is 2.61 bits per heavy atom. The standard InChI is InChI=1S/C26H27NO4/c1-15-8-16(2)24(17(3)9-15)20-7-5-6-19(10-20)13-31-26-18(4)25-22(12-27-26)21(14-30-25)11-23(28)29/h5-10,12,21H,11,13-14H2,1-4H3,(H,28,29)/t21-/m1/s1. The molecular formula is C26H27NO4. The first-order chi connectivity index (χ1) is 14.8. The maximum absolute atomic E-state index is 11.1. The SMILES string of the molecule is Cc1cc(C)c(-c2cccc(COc3ncc4c(c3C)OC[C@H]4CC(=O)O)c2)c(C)c1. The van der Waals surface area contributed by atoms with E-state index < -0.39 is 5.97 Å². The van der Waals surface area contributed by atoms with Gasteiger partial charge in [-0.05, 0) is 61.6 Å². The Morgan fingerprint density at radius 1 is 1.16 bits per heavy atom. The van der Waals surface area contributed by atoms with Crippen LogP contribution in [0.2, 0.25) is 0 Å². The van der Waals surface area contributed by atoms with E-state index in [-0.39, 0.29) is 12.3 Å². The highest BCUT2D eigenvalue weighted by molar-refractivity contribution is 5.72. The van der Waals surface area contributed by atoms with Crippen molar-refractivity contribution in [3.8, 4) is 22.8 Å². The van der Waals surface area contributed by atoms with Gasteiger partial charge >= 0.3 is 5.97 Å². The van der Waals surface area contributed by atoms with Crippen molar-refractivity contribution in [1.29, 1.82) is 0 Å². The summed E-state index contributed by atoms with van der Waals surface area (Å²) in [6.45, 7) is 9.07. The summed E-state index contributed by atoms with van der Waals surface area (Å²) >= 11 is 0. The molecule has 0 aliphatic carbocycles. The summed E-state index contributed by atoms with van der Waals surface area (Å²) in [6, 6.07) is 12.8. The minimum atomic E-state index is -0.835. The quantitative estimate of drug-likeness (QED) is 0.573. The van der Waals surface area contributed by atoms with Crippen LogP contribution < -0.4 is 9.47 Å². The molecule has 160 valence electrons. The monoisotopic (exact) mass is 417 g/mol. The number of hydrogen-bond donors (Lipinski definition) is 1. The fourth-order valence-corrected chi connectivity index (χ4v) is 4.48. The summed E-state index contributed by atoms with van der Waals surface area (Å²) in [5, 5.41) is 9.09. The molecule has 0 amide bonds. The van der Waals surface area contributed by atoms with Gasteiger partial charge in [-0.3, -0.25) is 4.79 Å². The van der Waals surface area contributed by atoms with Gasteiger partial charge in [0.1, 0.15) is 12.4 Å². The first-order valence-electron chi connectivity index (χ1n) is 10.5. The number of pyridine rings is 1. The molecule has 2 aromatic carbocycles. The van der Waals surface area contributed by atoms with E-state index in [4.69, 9.17) is 14.6 Å². The van der Waals surface area contributed by atoms with Crippen LogP contribution in [-0.2, 0) is 11.4 Å². The fourth-order valence-electron chi connectivity index (χ4n) is 4.48. The lowest BCUT2D eigenvalue weighted by molar-refractivity contribution is -0.137. The molecule has 3 aromatic rings. The smallest absolute Gasteiger partial charge is 0.304 e. The molecule has 0 saturated heterocycles. The van der Waals surface area contributed by atoms with Gasteiger partial charge in [0.2, 0.25) is 5.88 Å². The lowest BCUT2D eigenvalue weighted by Gasteiger charge is -2.14. The average molecular weight is 418 g/mol. The lowest BCUT2D eigenvalue weighted by atomic mass is 9.93. The molecule has 1 aliphatic heterocycles. The van der Waals surface area contributed by atoms with Crippen LogP contribution in [0.15, 0.2) is 42.6 Å². The van der Waals surface area contributed by atoms with Crippen molar-refractivity contribution < 1.29 is 19.4 Å². The molecule has 1 atom stereocenters. The van der Waals surface area contributed by atoms with Crippen LogP contribution in [0.5, 0.6) is 11.6 Å². The minimum Gasteiger partial charge on any atom is -0.492 e. The van der Waals surface area contributed by atoms with Crippen molar-refractivity contribution in [2.24, 2.45) is 0 Å². The number of carbonyl (C=O) groups is 1. The van der Waals surface area contributed by atoms with Crippen LogP contribution in [0.3, 0.4) is 0 Å². The van der Waals surface area contributed by atoms with Crippen LogP contribution in [0.25, 0.3) is 11.1 Å². The predicted octanol–water partition coefficient (Wildman–Crippen LogP) is 5.51. The van der Waals surface area contributed by atoms with Crippen LogP contribution in [-0.4, -0.2) is 22.7 Å². The summed E-state index contributed by atoms with van der Waals surface area (Å²) < 4.78 is 11.8. The molecule has 4 rings (SSSR count). The molecule has 5 heteroatoms. The number of rotatable bonds is 6. The number of aliphatic carboxylic acids is 1. The van der Waals surface area contributed by atoms with Crippen LogP contribution in [0.1, 0.15) is 45.7 Å². The Hall–Kier alpha value is -3.34. The highest BCUT2D eigenvalue weighted by atomic mass is 16.5. The highest BCUT2D eigenvalue weighted by Gasteiger charge is 2.29. The molecule has 0 saturated carbocycles. The van der Waals surface area contributed by atoms with Crippen LogP contribution >= 0.6 is 0 Å². The third-order valence-corrected chi connectivity index (χ3v) is 5.80. The number of benzene rings is 2. The highest BCUT2D eigenvalue weighted by Crippen LogP contribution is 2.40. The molecule has 31 heavy (non-hydrogen) atoms. The molecule has 2 heterocycles. The number of ether oxygens (including phenoxy) is 2. The van der Waals surface area contributed by atoms with E-state index in [1.165, 1.54) is 27.8 Å². The molecule has 5 nitrogen and oxygen atoms in total. The Bertz CT molecular complexity index is 1130. The molecule has 0 radical (unpaired) electrons. The Labute approximate surface area is 182 Å². The summed E-state index contributed by atoms with van der Waals surface area (Å²) in [6.07, 6.45) is 1.73. The number of carboxylic acid groups (broad SMARTS) is 1. The van der Waals surface area contributed by atoms with Crippen molar-refractivity contribution in [1.82, 2.24) is 4.98 Å². The maximum Gasteiger partial charge on any atom is 0.304 e. The topological polar surface area (TPSA) is 68.7 Å². The molecule has 1 N–H and O–H groups in total. The maximum atomic E-state index is 11.1. The largest absolute Gasteiger partial charge is 0.492 e. The second kappa shape index (κ2) is 8.42. The Morgan fingerprint density at radius 2 is 1.90 bits per heavy atom. The van der Waals surface area contributed by atoms with Crippen molar-refractivity contribution in [2.75, 3.05) is 6.61 Å². The zero-order valence-corrected chi connectivity index (χ0v) is 18.4. The second-order valence-corrected chi connectivity index (χ2v) is 8.34. The second-order valence-electron chi connectivity index (χ2n) is 8.34. The van der Waals surface area contributed by atoms with E-state index in [2.05, 4.69) is 56.1 Å². The van der Waals surface area contributed by atoms with Crippen molar-refractivity contribution in [3.63, 3.8) is 0 Å². The summed E-state index contributed by atoms with van der Waals surface area (Å²) in [5.74, 6) is 0.225. The van der Waals surface area contributed by atoms with Gasteiger partial charge < -0.3 is 14.6 Å². The number of hydrogen-bond acceptors (Lipinski definition) is 4. The summed E-state index contributed by atoms with van der Waals surface area (Å²) in [4.78, 5) is 15.5. The zero-order valence-electron chi connectivity index (χ0n) is 18.4. The van der Waals surface area contributed by atoms with Crippen molar-refractivity contribution >= 4 is 5.97 Å². The van der Waals surface area contributed by atoms with E-state index in [1.807, 2.05) is 13.0 Å². The minimum absolute atomic E-state index is 0.0406. The first kappa shape index (κ1) is 20.9. The first-order valence-corrected chi connectivity index (χ1v) is 10.5. The molecule has 0 bridgehead atoms. The summed E-state index contributed by atoms with van der Waals surface area (Å²) in [7, 11) is 0. The molecule has 0 spiro atoms. The third-order valence-electron chi connectivity index (χ3n) is 5.80. The molecule has 1 aromatic heterocycles. The number of carboxylic acids is 1. The molecule has 0 fully saturated rings. The fraction of sp³-hybridized carbons (Fsp3) is 0.308. The number of fused-ring (bicyclic) bond motifs is 1. The van der Waals surface area contributed by atoms with Crippen LogP contribution in [0, 0.1) is 27.7 Å². The predicted molar refractivity (Wildman–Crippen MR) is 120 cm³/mol. The molecule has 0 unspecified atom stereocenters. The van der Waals surface area contributed by atoms with Gasteiger partial charge in [-0.15, -0.1) is 0 Å². The summed E-state index contributed by atoms with van der Waals surface area (Å²) in [5.41, 5.74) is 8.95. The van der Waals surface area contributed by atoms with Gasteiger partial charge in [0.15, 0.2) is 0 Å². The van der Waals surface area contributed by atoms with Gasteiger partial charge in [0, 0.05) is 17.7 Å². The number of aryl methyl sites for hydroxylation is 3. The van der Waals surface area contributed by atoms with Gasteiger partial charge in [0.05, 0.1) is 18.6 Å². The van der Waals surface area contributed by atoms with Crippen molar-refractivity contribution in [3.05, 3.63) is 76.0 Å². The van der Waals surface area contributed by atoms with Crippen molar-refractivity contribution in [2.45, 2.75) is 46.6 Å². The lowest BCUT2D eigenvalue weighted by Crippen LogP contribution is -2.07. The van der Waals surface area contributed by atoms with Gasteiger partial charge in [-0.1, -0.05) is 35.9 Å². The van der Waals surface area contributed by atoms with Gasteiger partial charge in [-0.2, -0.15) is 0 Å². The average Bonchev–Trinajstić information content (AvgIpc) is 3.10. The number of nitrogens with zero attached hydrogens (tertiary/aromatic N) is 1. The van der Waals surface area contributed by atoms with Crippen LogP contribution in [0.4, 0.5) is 0 Å². The van der Waals surface area contributed by atoms with Gasteiger partial charge in [0.25, 0.3) is 0 Å². The molecular weight excluding hydrogens is 390 g/mol. The third kappa shape index (κ3) is 4.26. The number of aromatic nitrogens is 1. The van der Waals surface area contributed by atoms with E-state index in [1.54, 1.807) is 6.20 Å². The van der Waals surface area contributed by atoms with E-state index >= 15 is 0 Å². The van der Waals surface area contributed by atoms with E-state index in [9.17, 15) is 4.79 Å².